The van der Waals surface area contributed by atoms with Gasteiger partial charge in [0, 0.05) is 6.54 Å². The molecule has 0 radical (unpaired) electrons. The van der Waals surface area contributed by atoms with Gasteiger partial charge in [0.25, 0.3) is 5.91 Å². The Morgan fingerprint density at radius 2 is 2.00 bits per heavy atom. The van der Waals surface area contributed by atoms with Crippen molar-refractivity contribution in [3.63, 3.8) is 0 Å². The number of fused-ring (bicyclic) bond motifs is 1. The maximum Gasteiger partial charge on any atom is 0.417 e. The molecule has 0 bridgehead atoms. The zero-order chi connectivity index (χ0) is 23.1. The van der Waals surface area contributed by atoms with E-state index in [1.165, 1.54) is 4.90 Å². The molecule has 0 aromatic heterocycles. The van der Waals surface area contributed by atoms with Gasteiger partial charge in [-0.25, -0.2) is 9.69 Å². The lowest BCUT2D eigenvalue weighted by Gasteiger charge is -2.38. The van der Waals surface area contributed by atoms with Crippen molar-refractivity contribution in [2.45, 2.75) is 45.2 Å². The molecule has 4 rings (SSSR count). The molecule has 1 aliphatic carbocycles. The Bertz CT molecular complexity index is 1020. The van der Waals surface area contributed by atoms with Crippen LogP contribution in [0.15, 0.2) is 59.5 Å². The van der Waals surface area contributed by atoms with Gasteiger partial charge in [0.1, 0.15) is 12.6 Å². The predicted octanol–water partition coefficient (Wildman–Crippen LogP) is 4.04. The molecule has 3 aliphatic rings. The highest BCUT2D eigenvalue weighted by atomic mass is 19.1. The minimum absolute atomic E-state index is 0.0793. The van der Waals surface area contributed by atoms with Gasteiger partial charge in [-0.15, -0.1) is 0 Å². The van der Waals surface area contributed by atoms with Crippen molar-refractivity contribution >= 4 is 17.9 Å². The zero-order valence-corrected chi connectivity index (χ0v) is 18.3. The summed E-state index contributed by atoms with van der Waals surface area (Å²) < 4.78 is 18.0. The average Bonchev–Trinajstić information content (AvgIpc) is 3.18. The molecular formula is C25H27FN2O4. The number of carbonyl (C=O) groups is 3. The van der Waals surface area contributed by atoms with Crippen molar-refractivity contribution in [3.05, 3.63) is 70.7 Å². The predicted molar refractivity (Wildman–Crippen MR) is 117 cm³/mol. The molecule has 6 nitrogen and oxygen atoms in total. The van der Waals surface area contributed by atoms with Crippen molar-refractivity contribution in [2.24, 2.45) is 0 Å². The highest BCUT2D eigenvalue weighted by Crippen LogP contribution is 2.34. The number of rotatable bonds is 6. The molecule has 2 aliphatic heterocycles. The van der Waals surface area contributed by atoms with Gasteiger partial charge in [-0.2, -0.15) is 0 Å². The summed E-state index contributed by atoms with van der Waals surface area (Å²) in [6.45, 7) is 3.59. The molecule has 0 spiro atoms. The third kappa shape index (κ3) is 4.75. The van der Waals surface area contributed by atoms with Crippen LogP contribution in [-0.4, -0.2) is 53.6 Å². The van der Waals surface area contributed by atoms with Gasteiger partial charge in [0.15, 0.2) is 0 Å². The second-order valence-electron chi connectivity index (χ2n) is 7.39. The lowest BCUT2D eigenvalue weighted by Crippen LogP contribution is -2.51. The number of alkyl halides is 1. The van der Waals surface area contributed by atoms with Crippen molar-refractivity contribution < 1.29 is 23.5 Å². The lowest BCUT2D eigenvalue weighted by atomic mass is 9.90. The Morgan fingerprint density at radius 1 is 1.22 bits per heavy atom. The first-order chi connectivity index (χ1) is 15.6. The second-order valence-corrected chi connectivity index (χ2v) is 7.39. The van der Waals surface area contributed by atoms with Crippen LogP contribution in [0.3, 0.4) is 0 Å². The molecule has 7 heteroatoms. The van der Waals surface area contributed by atoms with E-state index in [1.807, 2.05) is 19.9 Å². The molecule has 2 heterocycles. The van der Waals surface area contributed by atoms with E-state index in [1.54, 1.807) is 36.4 Å². The number of allylic oxidation sites excluding steroid dienone is 3. The first-order valence-electron chi connectivity index (χ1n) is 10.9. The summed E-state index contributed by atoms with van der Waals surface area (Å²) in [5.41, 5.74) is 7.98. The minimum Gasteiger partial charge on any atom is -0.447 e. The van der Waals surface area contributed by atoms with Crippen molar-refractivity contribution in [1.82, 2.24) is 9.80 Å². The Labute approximate surface area is 187 Å². The summed E-state index contributed by atoms with van der Waals surface area (Å²) in [5, 5.41) is 0. The van der Waals surface area contributed by atoms with Gasteiger partial charge in [0.2, 0.25) is 5.91 Å². The molecule has 1 saturated heterocycles. The summed E-state index contributed by atoms with van der Waals surface area (Å²) in [7, 11) is 0. The molecule has 0 saturated carbocycles. The number of benzene rings is 1. The van der Waals surface area contributed by atoms with E-state index in [0.29, 0.717) is 12.0 Å². The smallest absolute Gasteiger partial charge is 0.417 e. The number of halogens is 1. The zero-order valence-electron chi connectivity index (χ0n) is 18.3. The highest BCUT2D eigenvalue weighted by Gasteiger charge is 2.46. The average molecular weight is 438 g/mol. The fourth-order valence-corrected chi connectivity index (χ4v) is 4.08. The molecule has 1 aromatic rings. The Morgan fingerprint density at radius 3 is 2.72 bits per heavy atom. The van der Waals surface area contributed by atoms with Crippen LogP contribution >= 0.6 is 0 Å². The number of amides is 3. The van der Waals surface area contributed by atoms with E-state index in [2.05, 4.69) is 11.5 Å². The normalized spacial score (nSPS) is 21.0. The monoisotopic (exact) mass is 438 g/mol. The van der Waals surface area contributed by atoms with Crippen LogP contribution in [0.1, 0.15) is 43.9 Å². The number of carbonyl (C=O) groups excluding carboxylic acids is 3. The largest absolute Gasteiger partial charge is 0.447 e. The van der Waals surface area contributed by atoms with Crippen LogP contribution in [0.4, 0.5) is 9.18 Å². The number of cyclic esters (lactones) is 1. The van der Waals surface area contributed by atoms with E-state index in [0.717, 1.165) is 16.0 Å². The highest BCUT2D eigenvalue weighted by molar-refractivity contribution is 6.00. The van der Waals surface area contributed by atoms with Crippen molar-refractivity contribution in [3.8, 4) is 0 Å². The molecule has 0 N–H and O–H groups in total. The number of nitrogens with zero attached hydrogens (tertiary/aromatic N) is 2. The fraction of sp³-hybridized carbons (Fsp3) is 0.400. The Hall–Kier alpha value is -3.40. The van der Waals surface area contributed by atoms with Gasteiger partial charge in [-0.3, -0.25) is 14.0 Å². The van der Waals surface area contributed by atoms with E-state index in [9.17, 15) is 18.8 Å². The first-order valence-corrected chi connectivity index (χ1v) is 10.9. The van der Waals surface area contributed by atoms with E-state index >= 15 is 0 Å². The van der Waals surface area contributed by atoms with E-state index in [4.69, 9.17) is 4.74 Å². The maximum atomic E-state index is 13.6. The van der Waals surface area contributed by atoms with Gasteiger partial charge >= 0.3 is 6.09 Å². The second kappa shape index (κ2) is 10.8. The van der Waals surface area contributed by atoms with E-state index in [-0.39, 0.29) is 31.9 Å². The van der Waals surface area contributed by atoms with Gasteiger partial charge in [-0.1, -0.05) is 49.6 Å². The molecule has 1 fully saturated rings. The summed E-state index contributed by atoms with van der Waals surface area (Å²) in [4.78, 5) is 41.3. The fourth-order valence-electron chi connectivity index (χ4n) is 4.08. The molecular weight excluding hydrogens is 411 g/mol. The summed E-state index contributed by atoms with van der Waals surface area (Å²) >= 11 is 0. The topological polar surface area (TPSA) is 66.9 Å². The molecule has 0 unspecified atom stereocenters. The minimum atomic E-state index is -0.974. The molecule has 1 aromatic carbocycles. The van der Waals surface area contributed by atoms with Crippen LogP contribution in [0.5, 0.6) is 0 Å². The van der Waals surface area contributed by atoms with Crippen molar-refractivity contribution in [2.75, 3.05) is 19.8 Å². The standard InChI is InChI=1S/C23H21FN2O4.C2H6/c24-11-6-12-25-20(27)14-17-9-4-5-10-19(17)21(25)22(28)26-18(15-30-23(26)29)13-16-7-2-1-3-8-16;1-2/h2,4-5,7-10,18,21H,6,11-15H2;1-2H3/t18-,21+;/m0./s1. The van der Waals surface area contributed by atoms with Crippen molar-refractivity contribution in [1.29, 1.82) is 0 Å². The number of hydrogen-bond acceptors (Lipinski definition) is 4. The Balaban J connectivity index is 0.00000141. The van der Waals surface area contributed by atoms with Crippen LogP contribution in [0.2, 0.25) is 0 Å². The third-order valence-electron chi connectivity index (χ3n) is 5.48. The van der Waals surface area contributed by atoms with Crippen LogP contribution in [0.25, 0.3) is 0 Å². The quantitative estimate of drug-likeness (QED) is 0.629. The molecule has 3 amide bonds. The Kier molecular flexibility index (Phi) is 7.82. The van der Waals surface area contributed by atoms with Crippen LogP contribution in [0, 0.1) is 0 Å². The van der Waals surface area contributed by atoms with Gasteiger partial charge < -0.3 is 9.64 Å². The summed E-state index contributed by atoms with van der Waals surface area (Å²) in [5.74, 6) is -0.772. The first kappa shape index (κ1) is 23.3. The SMILES string of the molecule is CC.O=C1Cc2ccccc2[C@H](C(=O)N2C(=O)OC[C@@H]2CC2=CC=C=C=C2)N1CCCF. The number of hydrogen-bond donors (Lipinski definition) is 0. The molecule has 2 atom stereocenters. The van der Waals surface area contributed by atoms with Gasteiger partial charge in [0.05, 0.1) is 19.1 Å². The van der Waals surface area contributed by atoms with Crippen LogP contribution < -0.4 is 0 Å². The summed E-state index contributed by atoms with van der Waals surface area (Å²) in [6, 6.07) is 5.71. The van der Waals surface area contributed by atoms with Gasteiger partial charge in [-0.05, 0) is 47.8 Å². The molecule has 168 valence electrons. The number of ether oxygens (including phenoxy) is 1. The third-order valence-corrected chi connectivity index (χ3v) is 5.48. The number of imide groups is 1. The van der Waals surface area contributed by atoms with Crippen LogP contribution in [-0.2, 0) is 20.7 Å². The van der Waals surface area contributed by atoms with E-state index < -0.39 is 30.8 Å². The summed E-state index contributed by atoms with van der Waals surface area (Å²) in [6.07, 6.45) is 5.27. The molecule has 32 heavy (non-hydrogen) atoms. The lowest BCUT2D eigenvalue weighted by molar-refractivity contribution is -0.146. The maximum absolute atomic E-state index is 13.6.